The van der Waals surface area contributed by atoms with Crippen LogP contribution in [0, 0.1) is 5.92 Å². The number of carbonyl (C=O) groups excluding carboxylic acids is 1. The smallest absolute Gasteiger partial charge is 0.252 e. The van der Waals surface area contributed by atoms with E-state index in [1.54, 1.807) is 6.20 Å². The van der Waals surface area contributed by atoms with Crippen molar-refractivity contribution in [3.05, 3.63) is 53.3 Å². The summed E-state index contributed by atoms with van der Waals surface area (Å²) in [6, 6.07) is 10.2. The molecule has 1 aliphatic rings. The Bertz CT molecular complexity index is 781. The van der Waals surface area contributed by atoms with Gasteiger partial charge in [-0.25, -0.2) is 4.99 Å². The van der Waals surface area contributed by atoms with Gasteiger partial charge in [0, 0.05) is 27.2 Å². The minimum absolute atomic E-state index is 0.404. The van der Waals surface area contributed by atoms with Gasteiger partial charge in [0.2, 0.25) is 0 Å². The molecule has 2 aromatic rings. The van der Waals surface area contributed by atoms with Crippen molar-refractivity contribution >= 4 is 11.9 Å². The number of nitrogens with one attached hydrogen (secondary N) is 1. The first-order valence-electron chi connectivity index (χ1n) is 8.88. The molecule has 0 saturated heterocycles. The maximum atomic E-state index is 11.5. The summed E-state index contributed by atoms with van der Waals surface area (Å²) >= 11 is 0. The fraction of sp³-hybridized carbons (Fsp3) is 0.421. The highest BCUT2D eigenvalue weighted by molar-refractivity contribution is 5.93. The van der Waals surface area contributed by atoms with Crippen LogP contribution in [0.5, 0.6) is 0 Å². The van der Waals surface area contributed by atoms with E-state index in [-0.39, 0.29) is 0 Å². The van der Waals surface area contributed by atoms with Crippen molar-refractivity contribution in [2.75, 3.05) is 20.6 Å². The van der Waals surface area contributed by atoms with E-state index < -0.39 is 5.91 Å². The first kappa shape index (κ1) is 18.0. The number of benzene rings is 1. The van der Waals surface area contributed by atoms with Crippen LogP contribution in [0.15, 0.2) is 41.5 Å². The van der Waals surface area contributed by atoms with Crippen molar-refractivity contribution in [2.24, 2.45) is 16.6 Å². The normalized spacial score (nSPS) is 16.8. The van der Waals surface area contributed by atoms with Gasteiger partial charge in [-0.1, -0.05) is 30.3 Å². The lowest BCUT2D eigenvalue weighted by molar-refractivity contribution is 0.0998. The van der Waals surface area contributed by atoms with Gasteiger partial charge in [0.25, 0.3) is 5.91 Å². The van der Waals surface area contributed by atoms with Crippen LogP contribution >= 0.6 is 0 Å². The van der Waals surface area contributed by atoms with Gasteiger partial charge in [-0.3, -0.25) is 9.48 Å². The predicted octanol–water partition coefficient (Wildman–Crippen LogP) is 1.25. The van der Waals surface area contributed by atoms with E-state index in [0.717, 1.165) is 37.6 Å². The molecule has 0 bridgehead atoms. The third kappa shape index (κ3) is 4.22. The molecule has 7 heteroatoms. The van der Waals surface area contributed by atoms with E-state index in [2.05, 4.69) is 22.5 Å². The van der Waals surface area contributed by atoms with Crippen LogP contribution in [0.25, 0.3) is 0 Å². The maximum Gasteiger partial charge on any atom is 0.252 e. The van der Waals surface area contributed by atoms with E-state index in [9.17, 15) is 4.79 Å². The molecule has 1 unspecified atom stereocenters. The van der Waals surface area contributed by atoms with E-state index >= 15 is 0 Å². The average Bonchev–Trinajstić information content (AvgIpc) is 3.05. The van der Waals surface area contributed by atoms with Crippen LogP contribution in [0.2, 0.25) is 0 Å². The Hall–Kier alpha value is -2.83. The lowest BCUT2D eigenvalue weighted by atomic mass is 9.94. The van der Waals surface area contributed by atoms with Gasteiger partial charge in [-0.15, -0.1) is 0 Å². The molecule has 26 heavy (non-hydrogen) atoms. The highest BCUT2D eigenvalue weighted by atomic mass is 16.1. The molecular formula is C19H26N6O. The van der Waals surface area contributed by atoms with Gasteiger partial charge in [0.1, 0.15) is 0 Å². The van der Waals surface area contributed by atoms with Crippen molar-refractivity contribution in [1.82, 2.24) is 20.0 Å². The zero-order chi connectivity index (χ0) is 18.5. The number of nitrogens with zero attached hydrogens (tertiary/aromatic N) is 4. The van der Waals surface area contributed by atoms with Gasteiger partial charge in [0.05, 0.1) is 24.0 Å². The van der Waals surface area contributed by atoms with Crippen LogP contribution in [0.4, 0.5) is 0 Å². The van der Waals surface area contributed by atoms with E-state index in [4.69, 9.17) is 10.7 Å². The van der Waals surface area contributed by atoms with Crippen LogP contribution in [-0.2, 0) is 19.5 Å². The lowest BCUT2D eigenvalue weighted by Gasteiger charge is -2.26. The molecule has 7 nitrogen and oxygen atoms in total. The van der Waals surface area contributed by atoms with Gasteiger partial charge < -0.3 is 16.0 Å². The molecule has 1 aromatic carbocycles. The Kier molecular flexibility index (Phi) is 5.55. The Balaban J connectivity index is 1.61. The summed E-state index contributed by atoms with van der Waals surface area (Å²) < 4.78 is 1.90. The molecule has 3 N–H and O–H groups in total. The maximum absolute atomic E-state index is 11.5. The number of aromatic nitrogens is 2. The highest BCUT2D eigenvalue weighted by Gasteiger charge is 2.24. The number of amides is 1. The van der Waals surface area contributed by atoms with Crippen molar-refractivity contribution in [3.8, 4) is 0 Å². The minimum Gasteiger partial charge on any atom is -0.365 e. The second-order valence-corrected chi connectivity index (χ2v) is 6.85. The topological polar surface area (TPSA) is 88.5 Å². The number of aryl methyl sites for hydroxylation is 1. The van der Waals surface area contributed by atoms with Gasteiger partial charge in [-0.2, -0.15) is 5.10 Å². The summed E-state index contributed by atoms with van der Waals surface area (Å²) in [5, 5.41) is 7.72. The Morgan fingerprint density at radius 3 is 2.85 bits per heavy atom. The number of fused-ring (bicyclic) bond motifs is 1. The van der Waals surface area contributed by atoms with Crippen molar-refractivity contribution in [1.29, 1.82) is 0 Å². The third-order valence-corrected chi connectivity index (χ3v) is 4.67. The number of hydrogen-bond acceptors (Lipinski definition) is 3. The number of carbonyl (C=O) groups is 1. The largest absolute Gasteiger partial charge is 0.365 e. The van der Waals surface area contributed by atoms with Crippen molar-refractivity contribution in [2.45, 2.75) is 25.9 Å². The fourth-order valence-corrected chi connectivity index (χ4v) is 3.22. The van der Waals surface area contributed by atoms with Crippen LogP contribution in [0.3, 0.4) is 0 Å². The molecule has 1 aliphatic heterocycles. The Morgan fingerprint density at radius 2 is 2.15 bits per heavy atom. The SMILES string of the molecule is CN(C)C(=NCc1ccccc1)NCC1CCn2ncc(C(N)=O)c2C1. The van der Waals surface area contributed by atoms with E-state index in [1.165, 1.54) is 5.56 Å². The molecule has 0 fully saturated rings. The second kappa shape index (κ2) is 8.03. The predicted molar refractivity (Wildman–Crippen MR) is 102 cm³/mol. The quantitative estimate of drug-likeness (QED) is 0.625. The first-order valence-corrected chi connectivity index (χ1v) is 8.88. The second-order valence-electron chi connectivity index (χ2n) is 6.85. The van der Waals surface area contributed by atoms with E-state index in [0.29, 0.717) is 18.0 Å². The molecule has 1 atom stereocenters. The molecule has 0 aliphatic carbocycles. The summed E-state index contributed by atoms with van der Waals surface area (Å²) in [7, 11) is 3.97. The minimum atomic E-state index is -0.404. The molecule has 0 spiro atoms. The molecule has 0 saturated carbocycles. The number of primary amides is 1. The molecule has 0 radical (unpaired) electrons. The van der Waals surface area contributed by atoms with Gasteiger partial charge in [0.15, 0.2) is 5.96 Å². The van der Waals surface area contributed by atoms with E-state index in [1.807, 2.05) is 41.9 Å². The summed E-state index contributed by atoms with van der Waals surface area (Å²) in [4.78, 5) is 18.2. The first-order chi connectivity index (χ1) is 12.5. The lowest BCUT2D eigenvalue weighted by Crippen LogP contribution is -2.40. The molecule has 1 amide bonds. The summed E-state index contributed by atoms with van der Waals surface area (Å²) in [6.07, 6.45) is 3.39. The standard InChI is InChI=1S/C19H26N6O/c1-24(2)19(21-11-14-6-4-3-5-7-14)22-12-15-8-9-25-17(10-15)16(13-23-25)18(20)26/h3-7,13,15H,8-12H2,1-2H3,(H2,20,26)(H,21,22). The van der Waals surface area contributed by atoms with Crippen molar-refractivity contribution in [3.63, 3.8) is 0 Å². The average molecular weight is 354 g/mol. The van der Waals surface area contributed by atoms with Crippen LogP contribution in [-0.4, -0.2) is 47.2 Å². The zero-order valence-electron chi connectivity index (χ0n) is 15.4. The number of hydrogen-bond donors (Lipinski definition) is 2. The van der Waals surface area contributed by atoms with Crippen LogP contribution in [0.1, 0.15) is 28.0 Å². The third-order valence-electron chi connectivity index (χ3n) is 4.67. The molecule has 3 rings (SSSR count). The molecule has 1 aromatic heterocycles. The monoisotopic (exact) mass is 354 g/mol. The molecule has 138 valence electrons. The van der Waals surface area contributed by atoms with Crippen LogP contribution < -0.4 is 11.1 Å². The molecule has 2 heterocycles. The van der Waals surface area contributed by atoms with Gasteiger partial charge >= 0.3 is 0 Å². The highest BCUT2D eigenvalue weighted by Crippen LogP contribution is 2.22. The summed E-state index contributed by atoms with van der Waals surface area (Å²) in [5.74, 6) is 0.875. The number of aliphatic imine (C=N–C) groups is 1. The Labute approximate surface area is 153 Å². The zero-order valence-corrected chi connectivity index (χ0v) is 15.4. The number of rotatable bonds is 5. The Morgan fingerprint density at radius 1 is 1.38 bits per heavy atom. The van der Waals surface area contributed by atoms with Gasteiger partial charge in [-0.05, 0) is 24.3 Å². The summed E-state index contributed by atoms with van der Waals surface area (Å²) in [6.45, 7) is 2.26. The fourth-order valence-electron chi connectivity index (χ4n) is 3.22. The number of nitrogens with two attached hydrogens (primary N) is 1. The summed E-state index contributed by atoms with van der Waals surface area (Å²) in [5.41, 5.74) is 8.12. The molecular weight excluding hydrogens is 328 g/mol. The number of guanidine groups is 1. The van der Waals surface area contributed by atoms with Crippen molar-refractivity contribution < 1.29 is 4.79 Å².